The largest absolute Gasteiger partial charge is 0.446 e. The standard InChI is InChI=1S/C33H40FN5O7S2/c1-4-6-7-8-14-39(3)30(41)25-18-22(46-32(43)36-27-12-9-21(34)16-26(27)29-35-13-15-47-29)17-24(25)28(40)37-33(19-20(33)5-2)31(42)38-48(44,45)23-10-11-23/h4-5,9,12-13,15-16,20,22-25H,1-2,6-8,10-11,14,17-19H2,3H3,(H,36,43)(H,37,40)(H,38,42)/t20-,22-,24-,25-,33-/m1/s1. The SMILES string of the molecule is C=CCCCCN(C)C(=O)[C@@H]1C[C@H](OC(=O)Nc2ccc(F)cc2-c2nccs2)C[C@H]1C(=O)N[C@]1(C(=O)NS(=O)(=O)C2CC2)C[C@H]1C=C. The molecule has 0 radical (unpaired) electrons. The molecule has 3 aliphatic rings. The lowest BCUT2D eigenvalue weighted by atomic mass is 9.93. The van der Waals surface area contributed by atoms with Crippen LogP contribution in [0.2, 0.25) is 0 Å². The molecule has 3 aliphatic carbocycles. The third-order valence-electron chi connectivity index (χ3n) is 9.10. The number of unbranched alkanes of at least 4 members (excludes halogenated alkanes) is 2. The van der Waals surface area contributed by atoms with Crippen molar-refractivity contribution < 1.29 is 36.7 Å². The van der Waals surface area contributed by atoms with Gasteiger partial charge in [0.1, 0.15) is 22.5 Å². The van der Waals surface area contributed by atoms with Crippen molar-refractivity contribution in [3.05, 3.63) is 60.9 Å². The minimum absolute atomic E-state index is 0.0143. The van der Waals surface area contributed by atoms with Crippen LogP contribution in [0.15, 0.2) is 55.1 Å². The highest BCUT2D eigenvalue weighted by atomic mass is 32.2. The van der Waals surface area contributed by atoms with E-state index >= 15 is 0 Å². The molecule has 3 fully saturated rings. The Kier molecular flexibility index (Phi) is 10.7. The Morgan fingerprint density at radius 2 is 1.92 bits per heavy atom. The summed E-state index contributed by atoms with van der Waals surface area (Å²) in [6.45, 7) is 7.88. The average molecular weight is 702 g/mol. The summed E-state index contributed by atoms with van der Waals surface area (Å²) in [5.41, 5.74) is -0.880. The molecule has 15 heteroatoms. The van der Waals surface area contributed by atoms with E-state index in [1.807, 2.05) is 0 Å². The Morgan fingerprint density at radius 1 is 1.17 bits per heavy atom. The number of anilines is 1. The van der Waals surface area contributed by atoms with Crippen molar-refractivity contribution >= 4 is 50.9 Å². The second-order valence-electron chi connectivity index (χ2n) is 12.6. The van der Waals surface area contributed by atoms with Crippen LogP contribution in [0.3, 0.4) is 0 Å². The quantitative estimate of drug-likeness (QED) is 0.182. The van der Waals surface area contributed by atoms with E-state index < -0.39 is 68.4 Å². The van der Waals surface area contributed by atoms with Gasteiger partial charge in [-0.25, -0.2) is 22.6 Å². The minimum atomic E-state index is -3.87. The Bertz CT molecular complexity index is 1680. The van der Waals surface area contributed by atoms with Gasteiger partial charge in [-0.1, -0.05) is 12.2 Å². The number of nitrogens with zero attached hydrogens (tertiary/aromatic N) is 2. The maximum absolute atomic E-state index is 14.1. The summed E-state index contributed by atoms with van der Waals surface area (Å²) >= 11 is 1.27. The maximum Gasteiger partial charge on any atom is 0.411 e. The average Bonchev–Trinajstić information content (AvgIpc) is 3.92. The molecule has 0 aliphatic heterocycles. The monoisotopic (exact) mass is 701 g/mol. The number of carbonyl (C=O) groups excluding carboxylic acids is 4. The van der Waals surface area contributed by atoms with E-state index in [0.717, 1.165) is 19.3 Å². The van der Waals surface area contributed by atoms with Gasteiger partial charge in [-0.3, -0.25) is 24.4 Å². The van der Waals surface area contributed by atoms with Crippen LogP contribution in [0.4, 0.5) is 14.9 Å². The highest BCUT2D eigenvalue weighted by Crippen LogP contribution is 2.46. The van der Waals surface area contributed by atoms with Crippen molar-refractivity contribution in [2.75, 3.05) is 18.9 Å². The van der Waals surface area contributed by atoms with Crippen LogP contribution in [0.1, 0.15) is 51.4 Å². The molecule has 5 atom stereocenters. The van der Waals surface area contributed by atoms with Crippen molar-refractivity contribution in [3.63, 3.8) is 0 Å². The Balaban J connectivity index is 1.31. The van der Waals surface area contributed by atoms with Gasteiger partial charge in [0.05, 0.1) is 22.8 Å². The van der Waals surface area contributed by atoms with Gasteiger partial charge < -0.3 is 15.0 Å². The molecule has 0 bridgehead atoms. The second-order valence-corrected chi connectivity index (χ2v) is 15.4. The fraction of sp³-hybridized carbons (Fsp3) is 0.485. The molecule has 12 nitrogen and oxygen atoms in total. The highest BCUT2D eigenvalue weighted by Gasteiger charge is 2.62. The number of hydrogen-bond donors (Lipinski definition) is 3. The van der Waals surface area contributed by atoms with Crippen LogP contribution in [-0.4, -0.2) is 72.6 Å². The van der Waals surface area contributed by atoms with E-state index in [4.69, 9.17) is 4.74 Å². The molecule has 3 N–H and O–H groups in total. The molecule has 1 aromatic carbocycles. The topological polar surface area (TPSA) is 164 Å². The fourth-order valence-corrected chi connectivity index (χ4v) is 8.19. The Hall–Kier alpha value is -4.11. The third kappa shape index (κ3) is 7.95. The van der Waals surface area contributed by atoms with Crippen LogP contribution in [0.5, 0.6) is 0 Å². The predicted octanol–water partition coefficient (Wildman–Crippen LogP) is 4.38. The van der Waals surface area contributed by atoms with Crippen LogP contribution in [-0.2, 0) is 29.1 Å². The van der Waals surface area contributed by atoms with Gasteiger partial charge in [0.25, 0.3) is 5.91 Å². The first kappa shape index (κ1) is 35.2. The first-order valence-electron chi connectivity index (χ1n) is 15.9. The Morgan fingerprint density at radius 3 is 2.56 bits per heavy atom. The van der Waals surface area contributed by atoms with E-state index in [0.29, 0.717) is 30.0 Å². The molecule has 258 valence electrons. The minimum Gasteiger partial charge on any atom is -0.446 e. The van der Waals surface area contributed by atoms with Gasteiger partial charge in [-0.2, -0.15) is 0 Å². The summed E-state index contributed by atoms with van der Waals surface area (Å²) in [4.78, 5) is 59.7. The zero-order valence-corrected chi connectivity index (χ0v) is 28.3. The molecular formula is C33H40FN5O7S2. The zero-order chi connectivity index (χ0) is 34.6. The number of ether oxygens (including phenoxy) is 1. The molecule has 1 aromatic heterocycles. The third-order valence-corrected chi connectivity index (χ3v) is 11.7. The summed E-state index contributed by atoms with van der Waals surface area (Å²) in [5, 5.41) is 6.96. The number of sulfonamides is 1. The molecular weight excluding hydrogens is 662 g/mol. The second kappa shape index (κ2) is 14.6. The van der Waals surface area contributed by atoms with Gasteiger partial charge in [0.15, 0.2) is 0 Å². The number of halogens is 1. The smallest absolute Gasteiger partial charge is 0.411 e. The number of carbonyl (C=O) groups is 4. The number of aromatic nitrogens is 1. The fourth-order valence-electron chi connectivity index (χ4n) is 6.16. The first-order chi connectivity index (χ1) is 22.9. The molecule has 5 rings (SSSR count). The van der Waals surface area contributed by atoms with Crippen molar-refractivity contribution in [1.82, 2.24) is 19.9 Å². The van der Waals surface area contributed by atoms with Gasteiger partial charge in [0.2, 0.25) is 21.8 Å². The lowest BCUT2D eigenvalue weighted by Gasteiger charge is -2.26. The van der Waals surface area contributed by atoms with E-state index in [1.165, 1.54) is 35.6 Å². The molecule has 0 unspecified atom stereocenters. The van der Waals surface area contributed by atoms with E-state index in [2.05, 4.69) is 33.5 Å². The summed E-state index contributed by atoms with van der Waals surface area (Å²) in [6, 6.07) is 3.84. The predicted molar refractivity (Wildman–Crippen MR) is 179 cm³/mol. The number of allylic oxidation sites excluding steroid dienone is 1. The summed E-state index contributed by atoms with van der Waals surface area (Å²) < 4.78 is 47.0. The van der Waals surface area contributed by atoms with Crippen molar-refractivity contribution in [3.8, 4) is 10.6 Å². The number of rotatable bonds is 15. The molecule has 4 amide bonds. The van der Waals surface area contributed by atoms with E-state index in [1.54, 1.807) is 29.6 Å². The number of amides is 4. The molecule has 0 spiro atoms. The lowest BCUT2D eigenvalue weighted by Crippen LogP contribution is -2.54. The molecule has 0 saturated heterocycles. The molecule has 3 saturated carbocycles. The van der Waals surface area contributed by atoms with E-state index in [-0.39, 0.29) is 30.9 Å². The van der Waals surface area contributed by atoms with Gasteiger partial charge in [-0.05, 0) is 69.6 Å². The normalized spacial score (nSPS) is 24.6. The van der Waals surface area contributed by atoms with Crippen LogP contribution in [0.25, 0.3) is 10.6 Å². The summed E-state index contributed by atoms with van der Waals surface area (Å²) in [6.07, 6.45) is 6.60. The number of nitrogens with one attached hydrogen (secondary N) is 3. The van der Waals surface area contributed by atoms with Crippen LogP contribution in [0, 0.1) is 23.6 Å². The summed E-state index contributed by atoms with van der Waals surface area (Å²) in [5.74, 6) is -4.62. The van der Waals surface area contributed by atoms with Gasteiger partial charge >= 0.3 is 6.09 Å². The summed E-state index contributed by atoms with van der Waals surface area (Å²) in [7, 11) is -2.23. The highest BCUT2D eigenvalue weighted by molar-refractivity contribution is 7.91. The van der Waals surface area contributed by atoms with Crippen molar-refractivity contribution in [2.45, 2.75) is 68.3 Å². The first-order valence-corrected chi connectivity index (χ1v) is 18.3. The van der Waals surface area contributed by atoms with Crippen molar-refractivity contribution in [2.24, 2.45) is 17.8 Å². The van der Waals surface area contributed by atoms with Crippen LogP contribution >= 0.6 is 11.3 Å². The Labute approximate surface area is 283 Å². The maximum atomic E-state index is 14.1. The van der Waals surface area contributed by atoms with Crippen molar-refractivity contribution in [1.29, 1.82) is 0 Å². The molecule has 48 heavy (non-hydrogen) atoms. The molecule has 1 heterocycles. The van der Waals surface area contributed by atoms with Gasteiger partial charge in [-0.15, -0.1) is 24.5 Å². The molecule has 2 aromatic rings. The number of hydrogen-bond acceptors (Lipinski definition) is 9. The van der Waals surface area contributed by atoms with Gasteiger partial charge in [0, 0.05) is 36.7 Å². The zero-order valence-electron chi connectivity index (χ0n) is 26.7. The number of benzene rings is 1. The van der Waals surface area contributed by atoms with Crippen LogP contribution < -0.4 is 15.4 Å². The number of thiazole rings is 1. The lowest BCUT2D eigenvalue weighted by molar-refractivity contribution is -0.140. The van der Waals surface area contributed by atoms with E-state index in [9.17, 15) is 32.0 Å².